The van der Waals surface area contributed by atoms with Crippen LogP contribution >= 0.6 is 0 Å². The third-order valence-corrected chi connectivity index (χ3v) is 6.36. The highest BCUT2D eigenvalue weighted by molar-refractivity contribution is 7.92. The van der Waals surface area contributed by atoms with Crippen LogP contribution in [0.15, 0.2) is 47.4 Å². The average molecular weight is 388 g/mol. The molecule has 1 saturated heterocycles. The molecular weight excluding hydrogens is 362 g/mol. The average Bonchev–Trinajstić information content (AvgIpc) is 2.65. The maximum absolute atomic E-state index is 12.6. The summed E-state index contributed by atoms with van der Waals surface area (Å²) in [5.74, 6) is -0.0610. The minimum absolute atomic E-state index is 0.0610. The first-order chi connectivity index (χ1) is 12.8. The highest BCUT2D eigenvalue weighted by Crippen LogP contribution is 2.20. The summed E-state index contributed by atoms with van der Waals surface area (Å²) in [7, 11) is -1.67. The van der Waals surface area contributed by atoms with Crippen molar-refractivity contribution in [3.8, 4) is 0 Å². The molecule has 6 nitrogen and oxygen atoms in total. The lowest BCUT2D eigenvalue weighted by atomic mass is 10.1. The molecule has 3 rings (SSSR count). The zero-order valence-electron chi connectivity index (χ0n) is 15.9. The number of anilines is 1. The number of rotatable bonds is 4. The molecule has 0 unspecified atom stereocenters. The molecule has 1 aliphatic rings. The van der Waals surface area contributed by atoms with E-state index in [0.29, 0.717) is 24.3 Å². The second kappa shape index (κ2) is 7.70. The Morgan fingerprint density at radius 3 is 2.15 bits per heavy atom. The molecule has 0 aliphatic carbocycles. The van der Waals surface area contributed by atoms with Crippen LogP contribution in [0.5, 0.6) is 0 Å². The van der Waals surface area contributed by atoms with Crippen molar-refractivity contribution < 1.29 is 13.2 Å². The molecule has 0 radical (unpaired) electrons. The summed E-state index contributed by atoms with van der Waals surface area (Å²) in [5.41, 5.74) is 3.15. The van der Waals surface area contributed by atoms with Gasteiger partial charge in [-0.3, -0.25) is 9.52 Å². The van der Waals surface area contributed by atoms with Crippen LogP contribution in [0.25, 0.3) is 0 Å². The minimum Gasteiger partial charge on any atom is -0.336 e. The van der Waals surface area contributed by atoms with Crippen LogP contribution in [0.4, 0.5) is 5.69 Å². The van der Waals surface area contributed by atoms with Gasteiger partial charge in [0.05, 0.1) is 4.90 Å². The van der Waals surface area contributed by atoms with E-state index >= 15 is 0 Å². The fraction of sp³-hybridized carbons (Fsp3) is 0.350. The maximum atomic E-state index is 12.6. The van der Waals surface area contributed by atoms with Crippen molar-refractivity contribution in [3.63, 3.8) is 0 Å². The van der Waals surface area contributed by atoms with E-state index in [9.17, 15) is 13.2 Å². The Hall–Kier alpha value is -2.38. The summed E-state index contributed by atoms with van der Waals surface area (Å²) in [6, 6.07) is 11.5. The Morgan fingerprint density at radius 1 is 0.926 bits per heavy atom. The van der Waals surface area contributed by atoms with Gasteiger partial charge in [0, 0.05) is 37.4 Å². The maximum Gasteiger partial charge on any atom is 0.261 e. The lowest BCUT2D eigenvalue weighted by Gasteiger charge is -2.32. The van der Waals surface area contributed by atoms with E-state index < -0.39 is 10.0 Å². The van der Waals surface area contributed by atoms with Gasteiger partial charge in [-0.1, -0.05) is 6.07 Å². The number of likely N-dealkylation sites (N-methyl/N-ethyl adjacent to an activating group) is 1. The Morgan fingerprint density at radius 2 is 1.56 bits per heavy atom. The van der Waals surface area contributed by atoms with Crippen LogP contribution in [0.2, 0.25) is 0 Å². The number of carbonyl (C=O) groups excluding carboxylic acids is 1. The molecule has 0 aromatic heterocycles. The second-order valence-corrected chi connectivity index (χ2v) is 8.71. The first-order valence-electron chi connectivity index (χ1n) is 8.94. The number of nitrogens with one attached hydrogen (secondary N) is 1. The number of aryl methyl sites for hydroxylation is 2. The van der Waals surface area contributed by atoms with Gasteiger partial charge >= 0.3 is 0 Å². The zero-order chi connectivity index (χ0) is 19.6. The molecule has 1 N–H and O–H groups in total. The molecule has 2 aromatic carbocycles. The van der Waals surface area contributed by atoms with Crippen molar-refractivity contribution in [2.24, 2.45) is 0 Å². The molecule has 7 heteroatoms. The molecule has 2 aromatic rings. The van der Waals surface area contributed by atoms with Gasteiger partial charge in [0.1, 0.15) is 0 Å². The SMILES string of the molecule is Cc1ccc(NS(=O)(=O)c2ccc(C(=O)N3CCN(C)CC3)cc2)cc1C. The van der Waals surface area contributed by atoms with E-state index in [0.717, 1.165) is 24.2 Å². The lowest BCUT2D eigenvalue weighted by molar-refractivity contribution is 0.0664. The summed E-state index contributed by atoms with van der Waals surface area (Å²) in [6.07, 6.45) is 0. The van der Waals surface area contributed by atoms with Gasteiger partial charge in [0.2, 0.25) is 0 Å². The van der Waals surface area contributed by atoms with Gasteiger partial charge in [-0.2, -0.15) is 0 Å². The summed E-state index contributed by atoms with van der Waals surface area (Å²) in [5, 5.41) is 0. The number of nitrogens with zero attached hydrogens (tertiary/aromatic N) is 2. The number of hydrogen-bond donors (Lipinski definition) is 1. The molecule has 27 heavy (non-hydrogen) atoms. The number of carbonyl (C=O) groups is 1. The molecule has 0 saturated carbocycles. The quantitative estimate of drug-likeness (QED) is 0.875. The molecule has 1 aliphatic heterocycles. The van der Waals surface area contributed by atoms with Crippen molar-refractivity contribution in [2.75, 3.05) is 37.9 Å². The highest BCUT2D eigenvalue weighted by Gasteiger charge is 2.21. The Kier molecular flexibility index (Phi) is 5.53. The fourth-order valence-electron chi connectivity index (χ4n) is 2.99. The molecule has 144 valence electrons. The van der Waals surface area contributed by atoms with E-state index in [-0.39, 0.29) is 10.8 Å². The van der Waals surface area contributed by atoms with Crippen molar-refractivity contribution in [1.82, 2.24) is 9.80 Å². The van der Waals surface area contributed by atoms with Gasteiger partial charge in [-0.15, -0.1) is 0 Å². The van der Waals surface area contributed by atoms with E-state index in [4.69, 9.17) is 0 Å². The molecule has 0 spiro atoms. The van der Waals surface area contributed by atoms with Crippen LogP contribution in [-0.2, 0) is 10.0 Å². The Balaban J connectivity index is 1.73. The largest absolute Gasteiger partial charge is 0.336 e. The summed E-state index contributed by atoms with van der Waals surface area (Å²) < 4.78 is 27.8. The van der Waals surface area contributed by atoms with Crippen molar-refractivity contribution in [3.05, 3.63) is 59.2 Å². The molecule has 0 bridgehead atoms. The number of piperazine rings is 1. The summed E-state index contributed by atoms with van der Waals surface area (Å²) in [4.78, 5) is 16.7. The summed E-state index contributed by atoms with van der Waals surface area (Å²) in [6.45, 7) is 6.97. The molecule has 1 amide bonds. The molecular formula is C20H25N3O3S. The summed E-state index contributed by atoms with van der Waals surface area (Å²) >= 11 is 0. The van der Waals surface area contributed by atoms with Crippen LogP contribution < -0.4 is 4.72 Å². The van der Waals surface area contributed by atoms with Crippen LogP contribution in [0, 0.1) is 13.8 Å². The predicted octanol–water partition coefficient (Wildman–Crippen LogP) is 2.49. The van der Waals surface area contributed by atoms with Gasteiger partial charge in [-0.05, 0) is 68.4 Å². The number of sulfonamides is 1. The third-order valence-electron chi connectivity index (χ3n) is 4.96. The van der Waals surface area contributed by atoms with Crippen LogP contribution in [0.1, 0.15) is 21.5 Å². The van der Waals surface area contributed by atoms with Gasteiger partial charge in [0.15, 0.2) is 0 Å². The van der Waals surface area contributed by atoms with Crippen LogP contribution in [-0.4, -0.2) is 57.4 Å². The number of amides is 1. The van der Waals surface area contributed by atoms with Crippen LogP contribution in [0.3, 0.4) is 0 Å². The second-order valence-electron chi connectivity index (χ2n) is 7.02. The Labute approximate surface area is 160 Å². The zero-order valence-corrected chi connectivity index (χ0v) is 16.7. The number of benzene rings is 2. The highest BCUT2D eigenvalue weighted by atomic mass is 32.2. The van der Waals surface area contributed by atoms with Gasteiger partial charge < -0.3 is 9.80 Å². The van der Waals surface area contributed by atoms with Crippen molar-refractivity contribution in [1.29, 1.82) is 0 Å². The van der Waals surface area contributed by atoms with Crippen molar-refractivity contribution >= 4 is 21.6 Å². The third kappa shape index (κ3) is 4.48. The van der Waals surface area contributed by atoms with E-state index in [1.54, 1.807) is 29.2 Å². The first-order valence-corrected chi connectivity index (χ1v) is 10.4. The molecule has 1 heterocycles. The van der Waals surface area contributed by atoms with E-state index in [2.05, 4.69) is 9.62 Å². The predicted molar refractivity (Wildman–Crippen MR) is 107 cm³/mol. The fourth-order valence-corrected chi connectivity index (χ4v) is 4.04. The normalized spacial score (nSPS) is 15.6. The smallest absolute Gasteiger partial charge is 0.261 e. The van der Waals surface area contributed by atoms with Gasteiger partial charge in [-0.25, -0.2) is 8.42 Å². The standard InChI is InChI=1S/C20H25N3O3S/c1-15-4-7-18(14-16(15)2)21-27(25,26)19-8-5-17(6-9-19)20(24)23-12-10-22(3)11-13-23/h4-9,14,21H,10-13H2,1-3H3. The minimum atomic E-state index is -3.70. The van der Waals surface area contributed by atoms with E-state index in [1.807, 2.05) is 27.0 Å². The topological polar surface area (TPSA) is 69.7 Å². The molecule has 1 fully saturated rings. The monoisotopic (exact) mass is 387 g/mol. The van der Waals surface area contributed by atoms with Gasteiger partial charge in [0.25, 0.3) is 15.9 Å². The lowest BCUT2D eigenvalue weighted by Crippen LogP contribution is -2.47. The Bertz CT molecular complexity index is 931. The number of hydrogen-bond acceptors (Lipinski definition) is 4. The van der Waals surface area contributed by atoms with E-state index in [1.165, 1.54) is 12.1 Å². The van der Waals surface area contributed by atoms with Crippen molar-refractivity contribution in [2.45, 2.75) is 18.7 Å². The molecule has 0 atom stereocenters. The first kappa shape index (κ1) is 19.4.